The van der Waals surface area contributed by atoms with Crippen molar-refractivity contribution in [2.45, 2.75) is 6.42 Å². The van der Waals surface area contributed by atoms with Gasteiger partial charge in [0.05, 0.1) is 0 Å². The van der Waals surface area contributed by atoms with Crippen LogP contribution in [0.25, 0.3) is 0 Å². The Morgan fingerprint density at radius 3 is 3.00 bits per heavy atom. The number of nitrogens with zero attached hydrogens (tertiary/aromatic N) is 2. The van der Waals surface area contributed by atoms with Crippen molar-refractivity contribution >= 4 is 18.4 Å². The fourth-order valence-corrected chi connectivity index (χ4v) is 1.49. The molecule has 1 aromatic rings. The zero-order valence-corrected chi connectivity index (χ0v) is 8.31. The third-order valence-electron chi connectivity index (χ3n) is 2.12. The highest BCUT2D eigenvalue weighted by atomic mass is 35.5. The maximum atomic E-state index is 4.22. The molecule has 0 unspecified atom stereocenters. The number of nitrogens with one attached hydrogen (secondary N) is 2. The molecule has 2 N–H and O–H groups in total. The Hall–Kier alpha value is -0.740. The predicted octanol–water partition coefficient (Wildman–Crippen LogP) is 0.631. The van der Waals surface area contributed by atoms with Gasteiger partial charge < -0.3 is 15.2 Å². The molecule has 1 aliphatic rings. The van der Waals surface area contributed by atoms with Crippen molar-refractivity contribution in [3.8, 4) is 0 Å². The van der Waals surface area contributed by atoms with Crippen LogP contribution in [0.4, 0.5) is 5.95 Å². The van der Waals surface area contributed by atoms with E-state index in [2.05, 4.69) is 20.2 Å². The third kappa shape index (κ3) is 2.60. The van der Waals surface area contributed by atoms with Crippen LogP contribution in [0.1, 0.15) is 6.42 Å². The average molecular weight is 203 g/mol. The minimum atomic E-state index is 0. The van der Waals surface area contributed by atoms with E-state index in [1.165, 1.54) is 6.42 Å². The topological polar surface area (TPSA) is 44.0 Å². The van der Waals surface area contributed by atoms with E-state index in [-0.39, 0.29) is 12.4 Å². The number of imidazole rings is 1. The number of hydrogen-bond donors (Lipinski definition) is 2. The molecule has 5 heteroatoms. The van der Waals surface area contributed by atoms with Gasteiger partial charge in [-0.25, -0.2) is 4.98 Å². The molecule has 4 nitrogen and oxygen atoms in total. The highest BCUT2D eigenvalue weighted by molar-refractivity contribution is 5.85. The number of rotatable bonds is 1. The molecule has 13 heavy (non-hydrogen) atoms. The van der Waals surface area contributed by atoms with Gasteiger partial charge in [-0.05, 0) is 13.0 Å². The summed E-state index contributed by atoms with van der Waals surface area (Å²) in [5, 5.41) is 3.36. The molecule has 2 rings (SSSR count). The quantitative estimate of drug-likeness (QED) is 0.702. The Bertz CT molecular complexity index is 216. The lowest BCUT2D eigenvalue weighted by atomic mass is 10.4. The molecule has 0 aromatic carbocycles. The minimum Gasteiger partial charge on any atom is -0.341 e. The van der Waals surface area contributed by atoms with Gasteiger partial charge in [-0.15, -0.1) is 12.4 Å². The first-order valence-electron chi connectivity index (χ1n) is 4.42. The van der Waals surface area contributed by atoms with Crippen molar-refractivity contribution in [1.29, 1.82) is 0 Å². The highest BCUT2D eigenvalue weighted by Crippen LogP contribution is 2.06. The standard InChI is InChI=1S/C8H14N4.ClH/c1-2-9-5-7-12(6-1)8-10-3-4-11-8;/h3-4,9H,1-2,5-7H2,(H,10,11);1H. The molecular weight excluding hydrogens is 188 g/mol. The summed E-state index contributed by atoms with van der Waals surface area (Å²) in [7, 11) is 0. The number of hydrogen-bond acceptors (Lipinski definition) is 3. The van der Waals surface area contributed by atoms with Crippen LogP contribution in [-0.2, 0) is 0 Å². The van der Waals surface area contributed by atoms with Crippen LogP contribution in [0.2, 0.25) is 0 Å². The molecule has 1 aromatic heterocycles. The van der Waals surface area contributed by atoms with Crippen LogP contribution in [-0.4, -0.2) is 36.1 Å². The largest absolute Gasteiger partial charge is 0.341 e. The van der Waals surface area contributed by atoms with Crippen molar-refractivity contribution in [3.05, 3.63) is 12.4 Å². The van der Waals surface area contributed by atoms with Crippen molar-refractivity contribution < 1.29 is 0 Å². The van der Waals surface area contributed by atoms with Gasteiger partial charge in [0.2, 0.25) is 5.95 Å². The van der Waals surface area contributed by atoms with Gasteiger partial charge in [-0.3, -0.25) is 0 Å². The van der Waals surface area contributed by atoms with Crippen LogP contribution >= 0.6 is 12.4 Å². The smallest absolute Gasteiger partial charge is 0.202 e. The van der Waals surface area contributed by atoms with E-state index in [1.54, 1.807) is 6.20 Å². The first-order valence-corrected chi connectivity index (χ1v) is 4.42. The zero-order valence-electron chi connectivity index (χ0n) is 7.49. The summed E-state index contributed by atoms with van der Waals surface area (Å²) in [4.78, 5) is 9.62. The summed E-state index contributed by atoms with van der Waals surface area (Å²) in [6, 6.07) is 0. The Morgan fingerprint density at radius 2 is 2.23 bits per heavy atom. The first kappa shape index (κ1) is 10.3. The summed E-state index contributed by atoms with van der Waals surface area (Å²) in [6.45, 7) is 4.33. The van der Waals surface area contributed by atoms with Crippen LogP contribution in [0.3, 0.4) is 0 Å². The highest BCUT2D eigenvalue weighted by Gasteiger charge is 2.09. The molecule has 1 fully saturated rings. The summed E-state index contributed by atoms with van der Waals surface area (Å²) >= 11 is 0. The summed E-state index contributed by atoms with van der Waals surface area (Å²) in [6.07, 6.45) is 4.86. The zero-order chi connectivity index (χ0) is 8.23. The summed E-state index contributed by atoms with van der Waals surface area (Å²) in [5.41, 5.74) is 0. The molecular formula is C8H15ClN4. The van der Waals surface area contributed by atoms with E-state index in [0.717, 1.165) is 32.1 Å². The van der Waals surface area contributed by atoms with E-state index >= 15 is 0 Å². The molecule has 1 aliphatic heterocycles. The van der Waals surface area contributed by atoms with Crippen molar-refractivity contribution in [1.82, 2.24) is 15.3 Å². The summed E-state index contributed by atoms with van der Waals surface area (Å²) in [5.74, 6) is 0.999. The molecule has 1 saturated heterocycles. The van der Waals surface area contributed by atoms with Crippen LogP contribution in [0.5, 0.6) is 0 Å². The SMILES string of the molecule is Cl.c1c[nH]c(N2CCCNCC2)n1. The molecule has 2 heterocycles. The molecule has 74 valence electrons. The first-order chi connectivity index (χ1) is 5.97. The monoisotopic (exact) mass is 202 g/mol. The molecule has 0 amide bonds. The molecule has 0 radical (unpaired) electrons. The van der Waals surface area contributed by atoms with Gasteiger partial charge in [0.25, 0.3) is 0 Å². The van der Waals surface area contributed by atoms with Crippen molar-refractivity contribution in [2.75, 3.05) is 31.1 Å². The Labute approximate surface area is 84.1 Å². The van der Waals surface area contributed by atoms with E-state index < -0.39 is 0 Å². The van der Waals surface area contributed by atoms with Crippen molar-refractivity contribution in [2.24, 2.45) is 0 Å². The van der Waals surface area contributed by atoms with E-state index in [9.17, 15) is 0 Å². The predicted molar refractivity (Wildman–Crippen MR) is 55.5 cm³/mol. The van der Waals surface area contributed by atoms with E-state index in [4.69, 9.17) is 0 Å². The van der Waals surface area contributed by atoms with Gasteiger partial charge >= 0.3 is 0 Å². The van der Waals surface area contributed by atoms with Crippen LogP contribution < -0.4 is 10.2 Å². The number of aromatic nitrogens is 2. The maximum absolute atomic E-state index is 4.22. The van der Waals surface area contributed by atoms with Crippen molar-refractivity contribution in [3.63, 3.8) is 0 Å². The normalized spacial score (nSPS) is 17.7. The second-order valence-electron chi connectivity index (χ2n) is 3.00. The fourth-order valence-electron chi connectivity index (χ4n) is 1.49. The Morgan fingerprint density at radius 1 is 1.31 bits per heavy atom. The molecule has 0 aliphatic carbocycles. The van der Waals surface area contributed by atoms with E-state index in [1.807, 2.05) is 6.20 Å². The summed E-state index contributed by atoms with van der Waals surface area (Å²) < 4.78 is 0. The lowest BCUT2D eigenvalue weighted by molar-refractivity contribution is 0.724. The molecule has 0 bridgehead atoms. The maximum Gasteiger partial charge on any atom is 0.202 e. The van der Waals surface area contributed by atoms with Gasteiger partial charge in [-0.1, -0.05) is 0 Å². The van der Waals surface area contributed by atoms with Crippen LogP contribution in [0, 0.1) is 0 Å². The molecule has 0 saturated carbocycles. The van der Waals surface area contributed by atoms with Gasteiger partial charge in [0, 0.05) is 32.0 Å². The Kier molecular flexibility index (Phi) is 4.05. The molecule has 0 spiro atoms. The van der Waals surface area contributed by atoms with E-state index in [0.29, 0.717) is 0 Å². The fraction of sp³-hybridized carbons (Fsp3) is 0.625. The number of aromatic amines is 1. The molecule has 0 atom stereocenters. The van der Waals surface area contributed by atoms with Gasteiger partial charge in [0.1, 0.15) is 0 Å². The second kappa shape index (κ2) is 5.09. The number of halogens is 1. The number of H-pyrrole nitrogens is 1. The minimum absolute atomic E-state index is 0. The lowest BCUT2D eigenvalue weighted by Crippen LogP contribution is -2.28. The third-order valence-corrected chi connectivity index (χ3v) is 2.12. The lowest BCUT2D eigenvalue weighted by Gasteiger charge is -2.18. The van der Waals surface area contributed by atoms with Gasteiger partial charge in [0.15, 0.2) is 0 Å². The van der Waals surface area contributed by atoms with Gasteiger partial charge in [-0.2, -0.15) is 0 Å². The number of anilines is 1. The van der Waals surface area contributed by atoms with Crippen LogP contribution in [0.15, 0.2) is 12.4 Å². The average Bonchev–Trinajstić information content (AvgIpc) is 2.48. The Balaban J connectivity index is 0.000000845. The second-order valence-corrected chi connectivity index (χ2v) is 3.00.